The van der Waals surface area contributed by atoms with E-state index in [9.17, 15) is 0 Å². The molecular weight excluding hydrogens is 188 g/mol. The van der Waals surface area contributed by atoms with Gasteiger partial charge in [-0.2, -0.15) is 0 Å². The topological polar surface area (TPSA) is 29.5 Å². The molecule has 1 aliphatic rings. The van der Waals surface area contributed by atoms with Gasteiger partial charge >= 0.3 is 0 Å². The number of ether oxygens (including phenoxy) is 1. The summed E-state index contributed by atoms with van der Waals surface area (Å²) in [4.78, 5) is 0. The molecule has 0 saturated heterocycles. The number of aliphatic hydroxyl groups is 1. The van der Waals surface area contributed by atoms with Gasteiger partial charge in [-0.05, 0) is 45.4 Å². The monoisotopic (exact) mass is 212 g/mol. The van der Waals surface area contributed by atoms with E-state index in [0.29, 0.717) is 11.8 Å². The van der Waals surface area contributed by atoms with E-state index in [0.717, 1.165) is 6.42 Å². The highest BCUT2D eigenvalue weighted by Crippen LogP contribution is 2.29. The van der Waals surface area contributed by atoms with E-state index in [4.69, 9.17) is 9.84 Å². The fourth-order valence-electron chi connectivity index (χ4n) is 2.16. The number of hydrogen-bond donors (Lipinski definition) is 1. The average molecular weight is 212 g/mol. The van der Waals surface area contributed by atoms with Crippen LogP contribution in [0.1, 0.15) is 40.5 Å². The molecule has 88 valence electrons. The van der Waals surface area contributed by atoms with E-state index in [1.165, 1.54) is 6.42 Å². The quantitative estimate of drug-likeness (QED) is 0.726. The molecule has 0 bridgehead atoms. The van der Waals surface area contributed by atoms with Gasteiger partial charge in [-0.25, -0.2) is 0 Å². The molecule has 0 spiro atoms. The van der Waals surface area contributed by atoms with Crippen LogP contribution in [0.25, 0.3) is 0 Å². The van der Waals surface area contributed by atoms with Gasteiger partial charge < -0.3 is 9.84 Å². The van der Waals surface area contributed by atoms with Crippen LogP contribution in [0.4, 0.5) is 0 Å². The first-order valence-electron chi connectivity index (χ1n) is 5.90. The van der Waals surface area contributed by atoms with Crippen LogP contribution in [0.5, 0.6) is 0 Å². The smallest absolute Gasteiger partial charge is 0.0859 e. The molecule has 0 fully saturated rings. The molecule has 0 aliphatic heterocycles. The first-order valence-corrected chi connectivity index (χ1v) is 5.90. The lowest BCUT2D eigenvalue weighted by Crippen LogP contribution is -2.37. The summed E-state index contributed by atoms with van der Waals surface area (Å²) >= 11 is 0. The van der Waals surface area contributed by atoms with E-state index >= 15 is 0 Å². The maximum Gasteiger partial charge on any atom is 0.0859 e. The van der Waals surface area contributed by atoms with Gasteiger partial charge in [0.15, 0.2) is 0 Å². The minimum atomic E-state index is -0.413. The Hall–Kier alpha value is -0.340. The van der Waals surface area contributed by atoms with Gasteiger partial charge in [0, 0.05) is 0 Å². The Labute approximate surface area is 93.3 Å². The van der Waals surface area contributed by atoms with E-state index in [2.05, 4.69) is 26.0 Å². The summed E-state index contributed by atoms with van der Waals surface area (Å²) in [5.41, 5.74) is -0.413. The number of aliphatic hydroxyl groups excluding tert-OH is 1. The maximum absolute atomic E-state index is 9.15. The van der Waals surface area contributed by atoms with Crippen molar-refractivity contribution in [2.45, 2.75) is 52.2 Å². The highest BCUT2D eigenvalue weighted by molar-refractivity contribution is 4.96. The molecule has 0 saturated carbocycles. The molecule has 3 unspecified atom stereocenters. The molecule has 0 amide bonds. The van der Waals surface area contributed by atoms with Gasteiger partial charge in [0.1, 0.15) is 0 Å². The van der Waals surface area contributed by atoms with Crippen molar-refractivity contribution in [3.05, 3.63) is 12.2 Å². The van der Waals surface area contributed by atoms with Crippen LogP contribution in [0, 0.1) is 11.8 Å². The lowest BCUT2D eigenvalue weighted by Gasteiger charge is -2.34. The normalized spacial score (nSPS) is 29.1. The Morgan fingerprint density at radius 2 is 2.20 bits per heavy atom. The largest absolute Gasteiger partial charge is 0.393 e. The van der Waals surface area contributed by atoms with Crippen molar-refractivity contribution < 1.29 is 9.84 Å². The van der Waals surface area contributed by atoms with E-state index in [1.54, 1.807) is 0 Å². The fourth-order valence-corrected chi connectivity index (χ4v) is 2.16. The summed E-state index contributed by atoms with van der Waals surface area (Å²) in [5, 5.41) is 9.15. The molecule has 15 heavy (non-hydrogen) atoms. The van der Waals surface area contributed by atoms with Crippen LogP contribution in [-0.2, 0) is 4.74 Å². The fraction of sp³-hybridized carbons (Fsp3) is 0.846. The Bertz CT molecular complexity index is 221. The second-order valence-corrected chi connectivity index (χ2v) is 5.38. The van der Waals surface area contributed by atoms with Crippen molar-refractivity contribution in [1.82, 2.24) is 0 Å². The summed E-state index contributed by atoms with van der Waals surface area (Å²) < 4.78 is 5.89. The summed E-state index contributed by atoms with van der Waals surface area (Å²) in [7, 11) is 0. The summed E-state index contributed by atoms with van der Waals surface area (Å²) in [6.07, 6.45) is 7.05. The van der Waals surface area contributed by atoms with Crippen molar-refractivity contribution >= 4 is 0 Å². The van der Waals surface area contributed by atoms with Crippen molar-refractivity contribution in [3.8, 4) is 0 Å². The van der Waals surface area contributed by atoms with Crippen LogP contribution >= 0.6 is 0 Å². The standard InChI is InChI=1S/C13H24O2/c1-10-6-5-7-12(8-10)11(2)15-13(3,4)9-14/h5-6,10-12,14H,7-9H2,1-4H3. The minimum absolute atomic E-state index is 0.0788. The zero-order valence-electron chi connectivity index (χ0n) is 10.4. The maximum atomic E-state index is 9.15. The molecular formula is C13H24O2. The highest BCUT2D eigenvalue weighted by Gasteiger charge is 2.27. The predicted octanol–water partition coefficient (Wildman–Crippen LogP) is 2.76. The zero-order chi connectivity index (χ0) is 11.5. The van der Waals surface area contributed by atoms with E-state index < -0.39 is 5.60 Å². The first-order chi connectivity index (χ1) is 6.94. The third-order valence-electron chi connectivity index (χ3n) is 3.13. The molecule has 0 aromatic rings. The molecule has 0 aromatic heterocycles. The van der Waals surface area contributed by atoms with Gasteiger partial charge in [-0.15, -0.1) is 0 Å². The second kappa shape index (κ2) is 5.13. The van der Waals surface area contributed by atoms with Gasteiger partial charge in [0.25, 0.3) is 0 Å². The van der Waals surface area contributed by atoms with Crippen LogP contribution < -0.4 is 0 Å². The van der Waals surface area contributed by atoms with Crippen LogP contribution in [-0.4, -0.2) is 23.4 Å². The van der Waals surface area contributed by atoms with Crippen LogP contribution in [0.2, 0.25) is 0 Å². The molecule has 1 aliphatic carbocycles. The minimum Gasteiger partial charge on any atom is -0.393 e. The van der Waals surface area contributed by atoms with Crippen molar-refractivity contribution in [2.75, 3.05) is 6.61 Å². The lowest BCUT2D eigenvalue weighted by molar-refractivity contribution is -0.112. The Morgan fingerprint density at radius 3 is 2.73 bits per heavy atom. The predicted molar refractivity (Wildman–Crippen MR) is 62.7 cm³/mol. The average Bonchev–Trinajstić information content (AvgIpc) is 2.17. The molecule has 2 heteroatoms. The third kappa shape index (κ3) is 3.96. The summed E-state index contributed by atoms with van der Waals surface area (Å²) in [6.45, 7) is 8.31. The van der Waals surface area contributed by atoms with Crippen LogP contribution in [0.15, 0.2) is 12.2 Å². The summed E-state index contributed by atoms with van der Waals surface area (Å²) in [5.74, 6) is 1.25. The highest BCUT2D eigenvalue weighted by atomic mass is 16.5. The Morgan fingerprint density at radius 1 is 1.53 bits per heavy atom. The molecule has 1 N–H and O–H groups in total. The lowest BCUT2D eigenvalue weighted by atomic mass is 9.84. The molecule has 1 rings (SSSR count). The van der Waals surface area contributed by atoms with Crippen molar-refractivity contribution in [3.63, 3.8) is 0 Å². The first kappa shape index (κ1) is 12.7. The number of hydrogen-bond acceptors (Lipinski definition) is 2. The van der Waals surface area contributed by atoms with Crippen LogP contribution in [0.3, 0.4) is 0 Å². The van der Waals surface area contributed by atoms with Gasteiger partial charge in [-0.3, -0.25) is 0 Å². The third-order valence-corrected chi connectivity index (χ3v) is 3.13. The Kier molecular flexibility index (Phi) is 4.35. The molecule has 2 nitrogen and oxygen atoms in total. The second-order valence-electron chi connectivity index (χ2n) is 5.38. The SMILES string of the molecule is CC1C=CCC(C(C)OC(C)(C)CO)C1. The number of allylic oxidation sites excluding steroid dienone is 2. The van der Waals surface area contributed by atoms with Gasteiger partial charge in [0.05, 0.1) is 18.3 Å². The van der Waals surface area contributed by atoms with Gasteiger partial charge in [-0.1, -0.05) is 19.1 Å². The molecule has 0 aromatic carbocycles. The van der Waals surface area contributed by atoms with Crippen molar-refractivity contribution in [2.24, 2.45) is 11.8 Å². The number of rotatable bonds is 4. The van der Waals surface area contributed by atoms with E-state index in [1.807, 2.05) is 13.8 Å². The van der Waals surface area contributed by atoms with Crippen molar-refractivity contribution in [1.29, 1.82) is 0 Å². The van der Waals surface area contributed by atoms with Gasteiger partial charge in [0.2, 0.25) is 0 Å². The molecule has 3 atom stereocenters. The van der Waals surface area contributed by atoms with E-state index in [-0.39, 0.29) is 12.7 Å². The zero-order valence-corrected chi connectivity index (χ0v) is 10.4. The molecule has 0 heterocycles. The molecule has 0 radical (unpaired) electrons. The summed E-state index contributed by atoms with van der Waals surface area (Å²) in [6, 6.07) is 0. The Balaban J connectivity index is 2.47.